The lowest BCUT2D eigenvalue weighted by Gasteiger charge is -2.25. The average Bonchev–Trinajstić information content (AvgIpc) is 2.83. The van der Waals surface area contributed by atoms with Crippen molar-refractivity contribution in [3.63, 3.8) is 0 Å². The topological polar surface area (TPSA) is 133 Å². The molecule has 3 aromatic carbocycles. The lowest BCUT2D eigenvalue weighted by atomic mass is 10.1. The highest BCUT2D eigenvalue weighted by Crippen LogP contribution is 2.41. The number of hydrogen-bond donors (Lipinski definition) is 0. The summed E-state index contributed by atoms with van der Waals surface area (Å²) in [6.45, 7) is 0. The van der Waals surface area contributed by atoms with E-state index in [1.54, 1.807) is 12.1 Å². The number of rotatable bonds is 12. The number of hydrogen-bond acceptors (Lipinski definition) is 11. The second kappa shape index (κ2) is 11.4. The van der Waals surface area contributed by atoms with Crippen molar-refractivity contribution in [2.75, 3.05) is 21.3 Å². The molecule has 0 heterocycles. The Balaban J connectivity index is 2.00. The maximum absolute atomic E-state index is 12.8. The van der Waals surface area contributed by atoms with Crippen LogP contribution in [0.1, 0.15) is 11.9 Å². The monoisotopic (exact) mass is 562 g/mol. The van der Waals surface area contributed by atoms with E-state index in [9.17, 15) is 24.6 Å². The van der Waals surface area contributed by atoms with Gasteiger partial charge in [-0.05, 0) is 48.5 Å². The molecule has 15 heteroatoms. The van der Waals surface area contributed by atoms with Gasteiger partial charge < -0.3 is 32.1 Å². The number of methoxy groups -OCH3 is 3. The molecule has 0 aromatic heterocycles. The molecule has 0 N–H and O–H groups in total. The molecular formula is C22H20F2O11S2. The smallest absolute Gasteiger partial charge is 0.488 e. The molecule has 0 spiro atoms. The number of ether oxygens (including phenoxy) is 5. The normalized spacial score (nSPS) is 11.5. The van der Waals surface area contributed by atoms with Crippen LogP contribution in [0.15, 0.2) is 60.7 Å². The molecule has 0 atom stereocenters. The van der Waals surface area contributed by atoms with Gasteiger partial charge in [0.05, 0.1) is 21.3 Å². The van der Waals surface area contributed by atoms with Crippen molar-refractivity contribution in [3.8, 4) is 40.2 Å². The molecule has 0 amide bonds. The molecule has 0 saturated heterocycles. The van der Waals surface area contributed by atoms with Gasteiger partial charge >= 0.3 is 21.0 Å². The zero-order chi connectivity index (χ0) is 27.2. The first kappa shape index (κ1) is 27.6. The largest absolute Gasteiger partial charge is 0.496 e. The van der Waals surface area contributed by atoms with Crippen LogP contribution in [-0.4, -0.2) is 38.2 Å². The third kappa shape index (κ3) is 8.01. The quantitative estimate of drug-likeness (QED) is 0.234. The van der Waals surface area contributed by atoms with E-state index in [1.165, 1.54) is 45.6 Å². The van der Waals surface area contributed by atoms with E-state index < -0.39 is 27.3 Å². The number of benzene rings is 3. The second-order valence-corrected chi connectivity index (χ2v) is 8.81. The van der Waals surface area contributed by atoms with E-state index in [2.05, 4.69) is 8.37 Å². The third-order valence-electron chi connectivity index (χ3n) is 4.51. The first-order chi connectivity index (χ1) is 17.4. The Morgan fingerprint density at radius 2 is 0.919 bits per heavy atom. The average molecular weight is 563 g/mol. The van der Waals surface area contributed by atoms with E-state index >= 15 is 0 Å². The molecule has 11 nitrogen and oxygen atoms in total. The summed E-state index contributed by atoms with van der Waals surface area (Å²) >= 11 is 0. The van der Waals surface area contributed by atoms with Crippen molar-refractivity contribution in [1.82, 2.24) is 0 Å². The summed E-state index contributed by atoms with van der Waals surface area (Å²) in [5, 5.41) is 0. The molecule has 0 radical (unpaired) electrons. The molecule has 0 fully saturated rings. The van der Waals surface area contributed by atoms with Crippen molar-refractivity contribution in [2.24, 2.45) is 0 Å². The highest BCUT2D eigenvalue weighted by Gasteiger charge is 2.27. The molecule has 200 valence electrons. The molecule has 0 aliphatic rings. The Hall–Kier alpha value is -3.98. The first-order valence-corrected chi connectivity index (χ1v) is 12.6. The summed E-state index contributed by atoms with van der Waals surface area (Å²) in [5.74, 6) is 0.560. The highest BCUT2D eigenvalue weighted by molar-refractivity contribution is 7.82. The Morgan fingerprint density at radius 1 is 0.568 bits per heavy atom. The summed E-state index contributed by atoms with van der Waals surface area (Å²) in [4.78, 5) is 0. The van der Waals surface area contributed by atoms with Gasteiger partial charge in [-0.3, -0.25) is 0 Å². The van der Waals surface area contributed by atoms with Gasteiger partial charge in [0.25, 0.3) is 6.29 Å². The van der Waals surface area contributed by atoms with Crippen LogP contribution in [0.2, 0.25) is 0 Å². The second-order valence-electron chi connectivity index (χ2n) is 6.91. The summed E-state index contributed by atoms with van der Waals surface area (Å²) in [5.41, 5.74) is 0.268. The van der Waals surface area contributed by atoms with E-state index in [0.717, 1.165) is 24.3 Å². The van der Waals surface area contributed by atoms with Crippen LogP contribution in [-0.2, 0) is 21.0 Å². The Labute approximate surface area is 211 Å². The molecule has 37 heavy (non-hydrogen) atoms. The summed E-state index contributed by atoms with van der Waals surface area (Å²) in [7, 11) is -6.21. The van der Waals surface area contributed by atoms with Crippen molar-refractivity contribution in [2.45, 2.75) is 6.29 Å². The van der Waals surface area contributed by atoms with Gasteiger partial charge in [0.15, 0.2) is 0 Å². The molecule has 0 aliphatic carbocycles. The lowest BCUT2D eigenvalue weighted by Crippen LogP contribution is -2.17. The minimum atomic E-state index is -5.22. The fourth-order valence-electron chi connectivity index (χ4n) is 3.03. The lowest BCUT2D eigenvalue weighted by molar-refractivity contribution is 0.000220. The van der Waals surface area contributed by atoms with E-state index in [-0.39, 0.29) is 40.1 Å². The van der Waals surface area contributed by atoms with Gasteiger partial charge in [-0.15, -0.1) is 0 Å². The van der Waals surface area contributed by atoms with Crippen LogP contribution in [0.5, 0.6) is 40.2 Å². The fourth-order valence-corrected chi connectivity index (χ4v) is 3.71. The van der Waals surface area contributed by atoms with Gasteiger partial charge in [-0.25, -0.2) is 0 Å². The predicted molar refractivity (Wildman–Crippen MR) is 124 cm³/mol. The van der Waals surface area contributed by atoms with E-state index in [4.69, 9.17) is 23.7 Å². The standard InChI is InChI=1S/C22H20F2O11S2/c1-29-18-12-19(30-2)21(20(13-18)31-3)22(32-14-4-8-16(9-5-14)34-36(23,25)26)33-15-6-10-17(11-7-15)35-37(24,27)28/h4-13,22H,1-3H3. The first-order valence-electron chi connectivity index (χ1n) is 10.0. The Bertz CT molecular complexity index is 1320. The number of halogens is 2. The Kier molecular flexibility index (Phi) is 8.49. The van der Waals surface area contributed by atoms with Crippen molar-refractivity contribution in [1.29, 1.82) is 0 Å². The summed E-state index contributed by atoms with van der Waals surface area (Å²) in [6.07, 6.45) is -1.29. The van der Waals surface area contributed by atoms with Crippen LogP contribution in [0.25, 0.3) is 0 Å². The van der Waals surface area contributed by atoms with E-state index in [1.807, 2.05) is 0 Å². The molecule has 0 bridgehead atoms. The minimum absolute atomic E-state index is 0.136. The molecule has 3 aromatic rings. The maximum Gasteiger partial charge on any atom is 0.488 e. The van der Waals surface area contributed by atoms with Crippen LogP contribution in [0.4, 0.5) is 7.77 Å². The van der Waals surface area contributed by atoms with E-state index in [0.29, 0.717) is 5.75 Å². The predicted octanol–water partition coefficient (Wildman–Crippen LogP) is 4.06. The molecular weight excluding hydrogens is 542 g/mol. The van der Waals surface area contributed by atoms with Crippen molar-refractivity contribution < 1.29 is 56.7 Å². The van der Waals surface area contributed by atoms with Crippen LogP contribution in [0.3, 0.4) is 0 Å². The van der Waals surface area contributed by atoms with Crippen molar-refractivity contribution >= 4 is 21.0 Å². The van der Waals surface area contributed by atoms with Gasteiger partial charge in [-0.2, -0.15) is 16.8 Å². The third-order valence-corrected chi connectivity index (χ3v) is 5.30. The summed E-state index contributed by atoms with van der Waals surface area (Å²) < 4.78 is 105. The van der Waals surface area contributed by atoms with Crippen LogP contribution < -0.4 is 32.1 Å². The van der Waals surface area contributed by atoms with Gasteiger partial charge in [0.1, 0.15) is 45.8 Å². The minimum Gasteiger partial charge on any atom is -0.496 e. The SMILES string of the molecule is COc1cc(OC)c(C(Oc2ccc(OS(=O)(=O)F)cc2)Oc2ccc(OS(=O)(=O)F)cc2)c(OC)c1. The van der Waals surface area contributed by atoms with Gasteiger partial charge in [-0.1, -0.05) is 7.77 Å². The zero-order valence-corrected chi connectivity index (χ0v) is 21.0. The van der Waals surface area contributed by atoms with Crippen LogP contribution in [0, 0.1) is 0 Å². The van der Waals surface area contributed by atoms with Crippen molar-refractivity contribution in [3.05, 3.63) is 66.2 Å². The van der Waals surface area contributed by atoms with Gasteiger partial charge in [0, 0.05) is 12.1 Å². The summed E-state index contributed by atoms with van der Waals surface area (Å²) in [6, 6.07) is 12.9. The van der Waals surface area contributed by atoms with Gasteiger partial charge in [0.2, 0.25) is 0 Å². The molecule has 0 saturated carbocycles. The van der Waals surface area contributed by atoms with Crippen LogP contribution >= 0.6 is 0 Å². The zero-order valence-electron chi connectivity index (χ0n) is 19.4. The molecule has 0 aliphatic heterocycles. The maximum atomic E-state index is 12.8. The highest BCUT2D eigenvalue weighted by atomic mass is 32.3. The Morgan fingerprint density at radius 3 is 1.22 bits per heavy atom. The fraction of sp³-hybridized carbons (Fsp3) is 0.182. The molecule has 0 unspecified atom stereocenters. The molecule has 3 rings (SSSR count).